The van der Waals surface area contributed by atoms with E-state index in [1.54, 1.807) is 0 Å². The summed E-state index contributed by atoms with van der Waals surface area (Å²) >= 11 is 0. The van der Waals surface area contributed by atoms with Crippen molar-refractivity contribution in [3.05, 3.63) is 65.5 Å². The Labute approximate surface area is 133 Å². The van der Waals surface area contributed by atoms with Crippen molar-refractivity contribution in [3.8, 4) is 5.75 Å². The Morgan fingerprint density at radius 2 is 1.87 bits per heavy atom. The molecule has 23 heavy (non-hydrogen) atoms. The minimum absolute atomic E-state index is 0.0170. The number of hydrogen-bond acceptors (Lipinski definition) is 4. The van der Waals surface area contributed by atoms with E-state index in [1.165, 1.54) is 19.2 Å². The molecule has 1 N–H and O–H groups in total. The zero-order chi connectivity index (χ0) is 16.7. The van der Waals surface area contributed by atoms with Crippen LogP contribution in [-0.4, -0.2) is 25.5 Å². The highest BCUT2D eigenvalue weighted by atomic mass is 19.1. The fourth-order valence-electron chi connectivity index (χ4n) is 1.89. The van der Waals surface area contributed by atoms with Crippen LogP contribution in [0, 0.1) is 5.82 Å². The molecule has 0 aliphatic rings. The van der Waals surface area contributed by atoms with E-state index >= 15 is 0 Å². The Bertz CT molecular complexity index is 688. The third kappa shape index (κ3) is 4.81. The van der Waals surface area contributed by atoms with Gasteiger partial charge in [-0.3, -0.25) is 9.59 Å². The molecule has 0 saturated heterocycles. The molecule has 0 spiro atoms. The lowest BCUT2D eigenvalue weighted by Gasteiger charge is -2.09. The molecule has 5 nitrogen and oxygen atoms in total. The van der Waals surface area contributed by atoms with Crippen LogP contribution in [-0.2, 0) is 16.1 Å². The Balaban J connectivity index is 1.86. The number of nitrogens with one attached hydrogen (secondary N) is 1. The second-order valence-corrected chi connectivity index (χ2v) is 4.67. The summed E-state index contributed by atoms with van der Waals surface area (Å²) in [4.78, 5) is 23.6. The number of rotatable bonds is 6. The zero-order valence-corrected chi connectivity index (χ0v) is 12.5. The maximum Gasteiger partial charge on any atom is 0.325 e. The van der Waals surface area contributed by atoms with Crippen LogP contribution < -0.4 is 10.1 Å². The van der Waals surface area contributed by atoms with Crippen LogP contribution in [0.4, 0.5) is 4.39 Å². The molecule has 0 aliphatic heterocycles. The molecule has 0 bridgehead atoms. The molecule has 120 valence electrons. The zero-order valence-electron chi connectivity index (χ0n) is 12.5. The summed E-state index contributed by atoms with van der Waals surface area (Å²) < 4.78 is 23.2. The summed E-state index contributed by atoms with van der Waals surface area (Å²) in [5.74, 6) is -1.54. The third-order valence-electron chi connectivity index (χ3n) is 3.04. The van der Waals surface area contributed by atoms with Crippen LogP contribution >= 0.6 is 0 Å². The molecular weight excluding hydrogens is 301 g/mol. The predicted octanol–water partition coefficient (Wildman–Crippen LogP) is 2.31. The van der Waals surface area contributed by atoms with Crippen molar-refractivity contribution in [2.24, 2.45) is 0 Å². The van der Waals surface area contributed by atoms with E-state index < -0.39 is 17.7 Å². The van der Waals surface area contributed by atoms with Gasteiger partial charge in [0.15, 0.2) is 0 Å². The first-order valence-corrected chi connectivity index (χ1v) is 6.91. The first kappa shape index (κ1) is 16.5. The van der Waals surface area contributed by atoms with Crippen molar-refractivity contribution in [1.82, 2.24) is 5.32 Å². The van der Waals surface area contributed by atoms with Crippen molar-refractivity contribution < 1.29 is 23.5 Å². The van der Waals surface area contributed by atoms with E-state index in [9.17, 15) is 14.0 Å². The van der Waals surface area contributed by atoms with Crippen LogP contribution in [0.2, 0.25) is 0 Å². The van der Waals surface area contributed by atoms with Crippen LogP contribution in [0.5, 0.6) is 5.75 Å². The Morgan fingerprint density at radius 3 is 2.57 bits per heavy atom. The van der Waals surface area contributed by atoms with E-state index in [0.29, 0.717) is 0 Å². The molecule has 0 heterocycles. The van der Waals surface area contributed by atoms with Gasteiger partial charge in [-0.05, 0) is 23.8 Å². The Kier molecular flexibility index (Phi) is 5.68. The highest BCUT2D eigenvalue weighted by Crippen LogP contribution is 2.18. The highest BCUT2D eigenvalue weighted by molar-refractivity contribution is 5.98. The number of benzene rings is 2. The van der Waals surface area contributed by atoms with Gasteiger partial charge in [0, 0.05) is 0 Å². The summed E-state index contributed by atoms with van der Waals surface area (Å²) in [6, 6.07) is 12.7. The lowest BCUT2D eigenvalue weighted by Crippen LogP contribution is -2.30. The molecule has 2 rings (SSSR count). The Morgan fingerprint density at radius 1 is 1.13 bits per heavy atom. The molecule has 6 heteroatoms. The van der Waals surface area contributed by atoms with Crippen molar-refractivity contribution in [2.75, 3.05) is 13.7 Å². The average molecular weight is 317 g/mol. The fraction of sp³-hybridized carbons (Fsp3) is 0.176. The van der Waals surface area contributed by atoms with Crippen LogP contribution in [0.3, 0.4) is 0 Å². The van der Waals surface area contributed by atoms with Gasteiger partial charge in [-0.25, -0.2) is 4.39 Å². The molecule has 2 aromatic carbocycles. The van der Waals surface area contributed by atoms with Gasteiger partial charge in [-0.2, -0.15) is 0 Å². The largest absolute Gasteiger partial charge is 0.496 e. The number of amides is 1. The maximum absolute atomic E-state index is 13.2. The molecule has 0 radical (unpaired) electrons. The van der Waals surface area contributed by atoms with Crippen LogP contribution in [0.25, 0.3) is 0 Å². The van der Waals surface area contributed by atoms with E-state index in [-0.39, 0.29) is 24.5 Å². The summed E-state index contributed by atoms with van der Waals surface area (Å²) in [5.41, 5.74) is 0.863. The fourth-order valence-corrected chi connectivity index (χ4v) is 1.89. The molecule has 0 aromatic heterocycles. The molecule has 0 saturated carbocycles. The highest BCUT2D eigenvalue weighted by Gasteiger charge is 2.14. The molecule has 2 aromatic rings. The van der Waals surface area contributed by atoms with E-state index in [2.05, 4.69) is 5.32 Å². The van der Waals surface area contributed by atoms with Gasteiger partial charge in [0.25, 0.3) is 5.91 Å². The molecule has 1 amide bonds. The topological polar surface area (TPSA) is 64.6 Å². The van der Waals surface area contributed by atoms with E-state index in [1.807, 2.05) is 30.3 Å². The number of carbonyl (C=O) groups is 2. The van der Waals surface area contributed by atoms with Gasteiger partial charge < -0.3 is 14.8 Å². The van der Waals surface area contributed by atoms with Gasteiger partial charge >= 0.3 is 5.97 Å². The average Bonchev–Trinajstić information content (AvgIpc) is 2.58. The van der Waals surface area contributed by atoms with Crippen molar-refractivity contribution in [3.63, 3.8) is 0 Å². The summed E-state index contributed by atoms with van der Waals surface area (Å²) in [7, 11) is 1.37. The summed E-state index contributed by atoms with van der Waals surface area (Å²) in [5, 5.41) is 2.38. The summed E-state index contributed by atoms with van der Waals surface area (Å²) in [6.45, 7) is -0.190. The van der Waals surface area contributed by atoms with E-state index in [0.717, 1.165) is 11.6 Å². The van der Waals surface area contributed by atoms with Gasteiger partial charge in [-0.15, -0.1) is 0 Å². The number of esters is 1. The lowest BCUT2D eigenvalue weighted by molar-refractivity contribution is -0.143. The number of ether oxygens (including phenoxy) is 2. The minimum Gasteiger partial charge on any atom is -0.496 e. The molecule has 0 fully saturated rings. The van der Waals surface area contributed by atoms with Crippen LogP contribution in [0.15, 0.2) is 48.5 Å². The van der Waals surface area contributed by atoms with Crippen molar-refractivity contribution >= 4 is 11.9 Å². The Hall–Kier alpha value is -2.89. The lowest BCUT2D eigenvalue weighted by atomic mass is 10.2. The van der Waals surface area contributed by atoms with Crippen molar-refractivity contribution in [1.29, 1.82) is 0 Å². The number of hydrogen-bond donors (Lipinski definition) is 1. The first-order valence-electron chi connectivity index (χ1n) is 6.91. The standard InChI is InChI=1S/C17H16FNO4/c1-22-15-8-7-13(18)9-14(15)17(21)19-10-16(20)23-11-12-5-3-2-4-6-12/h2-9H,10-11H2,1H3,(H,19,21). The monoisotopic (exact) mass is 317 g/mol. The van der Waals surface area contributed by atoms with E-state index in [4.69, 9.17) is 9.47 Å². The van der Waals surface area contributed by atoms with Gasteiger partial charge in [-0.1, -0.05) is 30.3 Å². The van der Waals surface area contributed by atoms with Gasteiger partial charge in [0.1, 0.15) is 24.7 Å². The van der Waals surface area contributed by atoms with Gasteiger partial charge in [0.05, 0.1) is 12.7 Å². The molecule has 0 atom stereocenters. The van der Waals surface area contributed by atoms with Crippen molar-refractivity contribution in [2.45, 2.75) is 6.61 Å². The van der Waals surface area contributed by atoms with Crippen LogP contribution in [0.1, 0.15) is 15.9 Å². The number of halogens is 1. The second kappa shape index (κ2) is 7.93. The maximum atomic E-state index is 13.2. The third-order valence-corrected chi connectivity index (χ3v) is 3.04. The summed E-state index contributed by atoms with van der Waals surface area (Å²) in [6.07, 6.45) is 0. The predicted molar refractivity (Wildman–Crippen MR) is 81.5 cm³/mol. The SMILES string of the molecule is COc1ccc(F)cc1C(=O)NCC(=O)OCc1ccccc1. The quantitative estimate of drug-likeness (QED) is 0.830. The first-order chi connectivity index (χ1) is 11.1. The molecular formula is C17H16FNO4. The number of methoxy groups -OCH3 is 1. The smallest absolute Gasteiger partial charge is 0.325 e. The number of carbonyl (C=O) groups excluding carboxylic acids is 2. The molecule has 0 unspecified atom stereocenters. The molecule has 0 aliphatic carbocycles. The minimum atomic E-state index is -0.613. The second-order valence-electron chi connectivity index (χ2n) is 4.67. The normalized spacial score (nSPS) is 10.0. The van der Waals surface area contributed by atoms with Gasteiger partial charge in [0.2, 0.25) is 0 Å².